The Hall–Kier alpha value is -2.34. The first-order valence-corrected chi connectivity index (χ1v) is 6.88. The standard InChI is InChI=1S/C15H17N3O3/c1-2-16-8-11-6-13-14(21-10-20-13)7-12(11)19-9-15-17-4-3-5-18-15/h3-7,16H,2,8-10H2,1H3. The van der Waals surface area contributed by atoms with E-state index in [0.717, 1.165) is 23.6 Å². The molecule has 0 amide bonds. The van der Waals surface area contributed by atoms with Gasteiger partial charge in [-0.1, -0.05) is 6.92 Å². The zero-order chi connectivity index (χ0) is 14.5. The van der Waals surface area contributed by atoms with Crippen molar-refractivity contribution in [3.05, 3.63) is 42.0 Å². The monoisotopic (exact) mass is 287 g/mol. The van der Waals surface area contributed by atoms with Crippen LogP contribution >= 0.6 is 0 Å². The molecule has 2 aromatic rings. The Morgan fingerprint density at radius 2 is 1.95 bits per heavy atom. The summed E-state index contributed by atoms with van der Waals surface area (Å²) in [4.78, 5) is 8.30. The van der Waals surface area contributed by atoms with E-state index in [9.17, 15) is 0 Å². The summed E-state index contributed by atoms with van der Waals surface area (Å²) in [6.07, 6.45) is 3.40. The highest BCUT2D eigenvalue weighted by atomic mass is 16.7. The summed E-state index contributed by atoms with van der Waals surface area (Å²) in [5.74, 6) is 2.86. The van der Waals surface area contributed by atoms with Crippen LogP contribution in [0.1, 0.15) is 18.3 Å². The molecule has 2 heterocycles. The number of rotatable bonds is 6. The molecule has 0 atom stereocenters. The lowest BCUT2D eigenvalue weighted by atomic mass is 10.1. The Bertz CT molecular complexity index is 605. The fourth-order valence-corrected chi connectivity index (χ4v) is 2.04. The summed E-state index contributed by atoms with van der Waals surface area (Å²) in [5, 5.41) is 3.29. The fourth-order valence-electron chi connectivity index (χ4n) is 2.04. The molecule has 110 valence electrons. The Morgan fingerprint density at radius 1 is 1.19 bits per heavy atom. The number of hydrogen-bond acceptors (Lipinski definition) is 6. The van der Waals surface area contributed by atoms with Gasteiger partial charge in [0, 0.05) is 30.6 Å². The molecular formula is C15H17N3O3. The summed E-state index contributed by atoms with van der Waals surface area (Å²) in [5.41, 5.74) is 1.03. The van der Waals surface area contributed by atoms with Crippen LogP contribution in [-0.2, 0) is 13.2 Å². The van der Waals surface area contributed by atoms with Crippen LogP contribution in [0.4, 0.5) is 0 Å². The van der Waals surface area contributed by atoms with Crippen molar-refractivity contribution in [3.63, 3.8) is 0 Å². The van der Waals surface area contributed by atoms with Crippen LogP contribution in [0.3, 0.4) is 0 Å². The maximum absolute atomic E-state index is 5.84. The smallest absolute Gasteiger partial charge is 0.231 e. The molecule has 0 saturated carbocycles. The third kappa shape index (κ3) is 3.22. The molecule has 0 unspecified atom stereocenters. The van der Waals surface area contributed by atoms with E-state index in [4.69, 9.17) is 14.2 Å². The van der Waals surface area contributed by atoms with E-state index >= 15 is 0 Å². The van der Waals surface area contributed by atoms with Crippen LogP contribution in [-0.4, -0.2) is 23.3 Å². The highest BCUT2D eigenvalue weighted by Gasteiger charge is 2.18. The maximum atomic E-state index is 5.84. The van der Waals surface area contributed by atoms with E-state index < -0.39 is 0 Å². The van der Waals surface area contributed by atoms with Gasteiger partial charge in [0.15, 0.2) is 17.3 Å². The van der Waals surface area contributed by atoms with Gasteiger partial charge in [-0.15, -0.1) is 0 Å². The van der Waals surface area contributed by atoms with Crippen LogP contribution in [0.5, 0.6) is 17.2 Å². The van der Waals surface area contributed by atoms with Gasteiger partial charge in [0.05, 0.1) is 0 Å². The normalized spacial score (nSPS) is 12.4. The minimum Gasteiger partial charge on any atom is -0.485 e. The summed E-state index contributed by atoms with van der Waals surface area (Å²) >= 11 is 0. The minimum absolute atomic E-state index is 0.251. The predicted octanol–water partition coefficient (Wildman–Crippen LogP) is 1.89. The highest BCUT2D eigenvalue weighted by molar-refractivity contribution is 5.51. The summed E-state index contributed by atoms with van der Waals surface area (Å²) in [7, 11) is 0. The second kappa shape index (κ2) is 6.41. The predicted molar refractivity (Wildman–Crippen MR) is 76.3 cm³/mol. The number of fused-ring (bicyclic) bond motifs is 1. The average molecular weight is 287 g/mol. The van der Waals surface area contributed by atoms with Gasteiger partial charge >= 0.3 is 0 Å². The fraction of sp³-hybridized carbons (Fsp3) is 0.333. The molecular weight excluding hydrogens is 270 g/mol. The van der Waals surface area contributed by atoms with Gasteiger partial charge in [-0.05, 0) is 18.7 Å². The van der Waals surface area contributed by atoms with E-state index in [1.807, 2.05) is 12.1 Å². The van der Waals surface area contributed by atoms with Crippen LogP contribution in [0.2, 0.25) is 0 Å². The van der Waals surface area contributed by atoms with Gasteiger partial charge in [-0.3, -0.25) is 0 Å². The zero-order valence-electron chi connectivity index (χ0n) is 11.8. The van der Waals surface area contributed by atoms with Crippen molar-refractivity contribution in [2.24, 2.45) is 0 Å². The average Bonchev–Trinajstić information content (AvgIpc) is 2.98. The molecule has 1 aliphatic heterocycles. The largest absolute Gasteiger partial charge is 0.485 e. The highest BCUT2D eigenvalue weighted by Crippen LogP contribution is 2.38. The minimum atomic E-state index is 0.251. The van der Waals surface area contributed by atoms with Gasteiger partial charge in [0.1, 0.15) is 12.4 Å². The molecule has 3 rings (SSSR count). The molecule has 6 heteroatoms. The van der Waals surface area contributed by atoms with Crippen molar-refractivity contribution in [1.82, 2.24) is 15.3 Å². The Kier molecular flexibility index (Phi) is 4.16. The summed E-state index contributed by atoms with van der Waals surface area (Å²) < 4.78 is 16.6. The number of benzene rings is 1. The van der Waals surface area contributed by atoms with E-state index in [1.165, 1.54) is 0 Å². The van der Waals surface area contributed by atoms with Gasteiger partial charge in [-0.25, -0.2) is 9.97 Å². The molecule has 0 saturated heterocycles. The summed E-state index contributed by atoms with van der Waals surface area (Å²) in [6.45, 7) is 4.22. The zero-order valence-corrected chi connectivity index (χ0v) is 11.8. The summed E-state index contributed by atoms with van der Waals surface area (Å²) in [6, 6.07) is 5.59. The first-order valence-electron chi connectivity index (χ1n) is 6.88. The van der Waals surface area contributed by atoms with Crippen molar-refractivity contribution < 1.29 is 14.2 Å². The number of ether oxygens (including phenoxy) is 3. The van der Waals surface area contributed by atoms with Gasteiger partial charge in [0.2, 0.25) is 6.79 Å². The quantitative estimate of drug-likeness (QED) is 0.875. The van der Waals surface area contributed by atoms with Crippen LogP contribution in [0, 0.1) is 0 Å². The third-order valence-electron chi connectivity index (χ3n) is 3.10. The molecule has 1 aromatic heterocycles. The van der Waals surface area contributed by atoms with E-state index in [0.29, 0.717) is 24.7 Å². The molecule has 0 aliphatic carbocycles. The van der Waals surface area contributed by atoms with Crippen LogP contribution in [0.25, 0.3) is 0 Å². The number of hydrogen-bond donors (Lipinski definition) is 1. The van der Waals surface area contributed by atoms with Gasteiger partial charge < -0.3 is 19.5 Å². The van der Waals surface area contributed by atoms with Gasteiger partial charge in [-0.2, -0.15) is 0 Å². The molecule has 0 spiro atoms. The van der Waals surface area contributed by atoms with Crippen LogP contribution in [0.15, 0.2) is 30.6 Å². The van der Waals surface area contributed by atoms with E-state index in [1.54, 1.807) is 18.5 Å². The van der Waals surface area contributed by atoms with Crippen molar-refractivity contribution in [2.45, 2.75) is 20.1 Å². The Balaban J connectivity index is 1.78. The Labute approximate surface area is 123 Å². The van der Waals surface area contributed by atoms with Crippen LogP contribution < -0.4 is 19.5 Å². The number of aromatic nitrogens is 2. The third-order valence-corrected chi connectivity index (χ3v) is 3.10. The lowest BCUT2D eigenvalue weighted by molar-refractivity contribution is 0.173. The Morgan fingerprint density at radius 3 is 2.71 bits per heavy atom. The topological polar surface area (TPSA) is 65.5 Å². The molecule has 0 fully saturated rings. The van der Waals surface area contributed by atoms with E-state index in [-0.39, 0.29) is 6.79 Å². The maximum Gasteiger partial charge on any atom is 0.231 e. The SMILES string of the molecule is CCNCc1cc2c(cc1OCc1ncccn1)OCO2. The first-order chi connectivity index (χ1) is 10.4. The molecule has 0 radical (unpaired) electrons. The first kappa shape index (κ1) is 13.6. The molecule has 1 aliphatic rings. The molecule has 6 nitrogen and oxygen atoms in total. The second-order valence-corrected chi connectivity index (χ2v) is 4.55. The van der Waals surface area contributed by atoms with Gasteiger partial charge in [0.25, 0.3) is 0 Å². The molecule has 1 N–H and O–H groups in total. The lowest BCUT2D eigenvalue weighted by Crippen LogP contribution is -2.13. The van der Waals surface area contributed by atoms with Crippen molar-refractivity contribution in [3.8, 4) is 17.2 Å². The number of nitrogens with one attached hydrogen (secondary N) is 1. The van der Waals surface area contributed by atoms with Crippen molar-refractivity contribution >= 4 is 0 Å². The second-order valence-electron chi connectivity index (χ2n) is 4.55. The molecule has 0 bridgehead atoms. The number of nitrogens with zero attached hydrogens (tertiary/aromatic N) is 2. The molecule has 21 heavy (non-hydrogen) atoms. The molecule has 1 aromatic carbocycles. The lowest BCUT2D eigenvalue weighted by Gasteiger charge is -2.12. The van der Waals surface area contributed by atoms with E-state index in [2.05, 4.69) is 22.2 Å². The van der Waals surface area contributed by atoms with Crippen molar-refractivity contribution in [2.75, 3.05) is 13.3 Å². The van der Waals surface area contributed by atoms with Crippen molar-refractivity contribution in [1.29, 1.82) is 0 Å².